The lowest BCUT2D eigenvalue weighted by Gasteiger charge is -2.29. The molecule has 1 aliphatic heterocycles. The molecule has 9 heteroatoms. The van der Waals surface area contributed by atoms with Gasteiger partial charge in [-0.05, 0) is 32.0 Å². The summed E-state index contributed by atoms with van der Waals surface area (Å²) in [5.41, 5.74) is -0.279. The molecule has 2 heterocycles. The molecule has 2 aromatic rings. The molecule has 0 bridgehead atoms. The van der Waals surface area contributed by atoms with Crippen LogP contribution < -0.4 is 9.47 Å². The summed E-state index contributed by atoms with van der Waals surface area (Å²) in [5, 5.41) is 19.8. The van der Waals surface area contributed by atoms with Crippen LogP contribution in [0.25, 0.3) is 0 Å². The lowest BCUT2D eigenvalue weighted by molar-refractivity contribution is -0.385. The topological polar surface area (TPSA) is 111 Å². The second-order valence-corrected chi connectivity index (χ2v) is 6.04. The van der Waals surface area contributed by atoms with E-state index in [1.54, 1.807) is 32.0 Å². The molecule has 3 rings (SSSR count). The maximum Gasteiger partial charge on any atom is 0.289 e. The van der Waals surface area contributed by atoms with Gasteiger partial charge in [-0.2, -0.15) is 5.26 Å². The highest BCUT2D eigenvalue weighted by Crippen LogP contribution is 2.33. The lowest BCUT2D eigenvalue weighted by Crippen LogP contribution is -2.34. The van der Waals surface area contributed by atoms with E-state index in [0.29, 0.717) is 16.9 Å². The van der Waals surface area contributed by atoms with Crippen LogP contribution in [0.2, 0.25) is 5.02 Å². The van der Waals surface area contributed by atoms with E-state index in [4.69, 9.17) is 26.3 Å². The van der Waals surface area contributed by atoms with E-state index >= 15 is 0 Å². The number of aromatic nitrogens is 1. The summed E-state index contributed by atoms with van der Waals surface area (Å²) >= 11 is 6.02. The van der Waals surface area contributed by atoms with Crippen molar-refractivity contribution in [1.82, 2.24) is 4.98 Å². The first-order chi connectivity index (χ1) is 11.8. The van der Waals surface area contributed by atoms with Gasteiger partial charge in [0.25, 0.3) is 5.69 Å². The van der Waals surface area contributed by atoms with E-state index in [2.05, 4.69) is 9.98 Å². The normalized spacial score (nSPS) is 14.6. The molecule has 1 aromatic carbocycles. The number of ether oxygens (including phenoxy) is 2. The highest BCUT2D eigenvalue weighted by atomic mass is 35.5. The smallest absolute Gasteiger partial charge is 0.289 e. The highest BCUT2D eigenvalue weighted by Gasteiger charge is 2.30. The number of nitriles is 1. The van der Waals surface area contributed by atoms with Gasteiger partial charge in [0.05, 0.1) is 22.1 Å². The van der Waals surface area contributed by atoms with Gasteiger partial charge >= 0.3 is 0 Å². The number of nitrogens with zero attached hydrogens (tertiary/aromatic N) is 4. The largest absolute Gasteiger partial charge is 0.466 e. The summed E-state index contributed by atoms with van der Waals surface area (Å²) in [4.78, 5) is 18.4. The number of nitro groups is 1. The molecule has 0 N–H and O–H groups in total. The van der Waals surface area contributed by atoms with Gasteiger partial charge in [0.1, 0.15) is 17.0 Å². The number of aliphatic imine (C=N–C) groups is 1. The maximum absolute atomic E-state index is 10.8. The first-order valence-electron chi connectivity index (χ1n) is 7.10. The van der Waals surface area contributed by atoms with Gasteiger partial charge in [0, 0.05) is 6.07 Å². The molecule has 0 saturated carbocycles. The third-order valence-electron chi connectivity index (χ3n) is 3.27. The predicted molar refractivity (Wildman–Crippen MR) is 88.9 cm³/mol. The Labute approximate surface area is 147 Å². The minimum absolute atomic E-state index is 0.0285. The van der Waals surface area contributed by atoms with Gasteiger partial charge in [-0.25, -0.2) is 9.98 Å². The minimum atomic E-state index is -0.899. The van der Waals surface area contributed by atoms with Gasteiger partial charge in [-0.1, -0.05) is 11.6 Å². The zero-order valence-corrected chi connectivity index (χ0v) is 13.9. The van der Waals surface area contributed by atoms with Crippen LogP contribution in [0.3, 0.4) is 0 Å². The van der Waals surface area contributed by atoms with E-state index in [1.165, 1.54) is 0 Å². The summed E-state index contributed by atoms with van der Waals surface area (Å²) in [6.45, 7) is 3.48. The van der Waals surface area contributed by atoms with Crippen LogP contribution >= 0.6 is 11.6 Å². The number of rotatable bonds is 2. The first kappa shape index (κ1) is 16.7. The minimum Gasteiger partial charge on any atom is -0.466 e. The third-order valence-corrected chi connectivity index (χ3v) is 3.54. The second kappa shape index (κ2) is 6.03. The maximum atomic E-state index is 10.8. The molecule has 1 aromatic heterocycles. The zero-order chi connectivity index (χ0) is 18.2. The van der Waals surface area contributed by atoms with Crippen molar-refractivity contribution in [3.05, 3.63) is 56.7 Å². The Morgan fingerprint density at radius 1 is 1.40 bits per heavy atom. The van der Waals surface area contributed by atoms with Crippen LogP contribution in [0.1, 0.15) is 25.0 Å². The van der Waals surface area contributed by atoms with Crippen LogP contribution in [-0.2, 0) is 0 Å². The number of fused-ring (bicyclic) bond motifs is 1. The number of halogens is 1. The van der Waals surface area contributed by atoms with Crippen LogP contribution in [0.15, 0.2) is 35.5 Å². The van der Waals surface area contributed by atoms with E-state index < -0.39 is 10.6 Å². The number of pyridine rings is 1. The predicted octanol–water partition coefficient (Wildman–Crippen LogP) is 3.47. The Morgan fingerprint density at radius 2 is 2.16 bits per heavy atom. The fourth-order valence-electron chi connectivity index (χ4n) is 2.21. The quantitative estimate of drug-likeness (QED) is 0.600. The standard InChI is InChI=1S/C16H11ClN4O4/c1-16(2)20-14(11-5-9(7-18)3-4-13(11)25-16)24-15-12(17)6-10(8-19-15)21(22)23/h3-6,8H,1-2H3. The van der Waals surface area contributed by atoms with Gasteiger partial charge in [0.15, 0.2) is 5.72 Å². The van der Waals surface area contributed by atoms with Crippen LogP contribution in [0, 0.1) is 21.4 Å². The first-order valence-corrected chi connectivity index (χ1v) is 7.48. The molecule has 25 heavy (non-hydrogen) atoms. The molecular weight excluding hydrogens is 348 g/mol. The zero-order valence-electron chi connectivity index (χ0n) is 13.2. The number of hydrogen-bond acceptors (Lipinski definition) is 7. The Hall–Kier alpha value is -3.18. The molecule has 0 radical (unpaired) electrons. The van der Waals surface area contributed by atoms with Crippen molar-refractivity contribution in [3.63, 3.8) is 0 Å². The molecule has 8 nitrogen and oxygen atoms in total. The number of benzene rings is 1. The number of hydrogen-bond donors (Lipinski definition) is 0. The molecule has 1 aliphatic rings. The molecule has 0 fully saturated rings. The summed E-state index contributed by atoms with van der Waals surface area (Å²) in [6, 6.07) is 8.01. The van der Waals surface area contributed by atoms with E-state index in [9.17, 15) is 10.1 Å². The Kier molecular flexibility index (Phi) is 4.02. The van der Waals surface area contributed by atoms with Crippen LogP contribution in [0.5, 0.6) is 11.6 Å². The third kappa shape index (κ3) is 3.36. The van der Waals surface area contributed by atoms with Crippen molar-refractivity contribution in [2.75, 3.05) is 0 Å². The summed E-state index contributed by atoms with van der Waals surface area (Å²) < 4.78 is 11.4. The van der Waals surface area contributed by atoms with Crippen molar-refractivity contribution in [2.45, 2.75) is 19.6 Å². The van der Waals surface area contributed by atoms with E-state index in [1.807, 2.05) is 6.07 Å². The molecule has 0 spiro atoms. The molecule has 0 amide bonds. The van der Waals surface area contributed by atoms with Gasteiger partial charge in [-0.15, -0.1) is 0 Å². The van der Waals surface area contributed by atoms with E-state index in [0.717, 1.165) is 12.3 Å². The van der Waals surface area contributed by atoms with Crippen LogP contribution in [-0.4, -0.2) is 21.5 Å². The fraction of sp³-hybridized carbons (Fsp3) is 0.188. The summed E-state index contributed by atoms with van der Waals surface area (Å²) in [7, 11) is 0. The van der Waals surface area contributed by atoms with Crippen molar-refractivity contribution in [2.24, 2.45) is 4.99 Å². The molecule has 0 aliphatic carbocycles. The average Bonchev–Trinajstić information content (AvgIpc) is 2.55. The monoisotopic (exact) mass is 358 g/mol. The molecular formula is C16H11ClN4O4. The molecule has 0 saturated heterocycles. The SMILES string of the molecule is CC1(C)N=C(Oc2ncc([N+](=O)[O-])cc2Cl)c2cc(C#N)ccc2O1. The second-order valence-electron chi connectivity index (χ2n) is 5.63. The lowest BCUT2D eigenvalue weighted by atomic mass is 10.1. The molecule has 126 valence electrons. The van der Waals surface area contributed by atoms with E-state index in [-0.39, 0.29) is 22.5 Å². The van der Waals surface area contributed by atoms with Gasteiger partial charge < -0.3 is 9.47 Å². The Morgan fingerprint density at radius 3 is 2.80 bits per heavy atom. The van der Waals surface area contributed by atoms with Crippen LogP contribution in [0.4, 0.5) is 5.69 Å². The molecule has 0 atom stereocenters. The highest BCUT2D eigenvalue weighted by molar-refractivity contribution is 6.32. The fourth-order valence-corrected chi connectivity index (χ4v) is 2.41. The average molecular weight is 359 g/mol. The van der Waals surface area contributed by atoms with Crippen molar-refractivity contribution in [1.29, 1.82) is 5.26 Å². The Balaban J connectivity index is 2.03. The Bertz CT molecular complexity index is 950. The summed E-state index contributed by atoms with van der Waals surface area (Å²) in [6.07, 6.45) is 1.04. The van der Waals surface area contributed by atoms with Gasteiger partial charge in [-0.3, -0.25) is 10.1 Å². The summed E-state index contributed by atoms with van der Waals surface area (Å²) in [5.74, 6) is 0.621. The van der Waals surface area contributed by atoms with Gasteiger partial charge in [0.2, 0.25) is 11.8 Å². The molecule has 0 unspecified atom stereocenters. The van der Waals surface area contributed by atoms with Crippen molar-refractivity contribution in [3.8, 4) is 17.7 Å². The van der Waals surface area contributed by atoms with Crippen molar-refractivity contribution < 1.29 is 14.4 Å². The van der Waals surface area contributed by atoms with Crippen molar-refractivity contribution >= 4 is 23.2 Å².